The van der Waals surface area contributed by atoms with Gasteiger partial charge in [-0.25, -0.2) is 0 Å². The summed E-state index contributed by atoms with van der Waals surface area (Å²) in [6.07, 6.45) is 23.1. The van der Waals surface area contributed by atoms with Crippen molar-refractivity contribution >= 4 is 5.97 Å². The molecule has 120 valence electrons. The number of unbranched alkanes of at least 4 members (excludes halogenated alkanes) is 7. The third-order valence-corrected chi connectivity index (χ3v) is 3.36. The lowest BCUT2D eigenvalue weighted by atomic mass is 10.1. The minimum Gasteiger partial charge on any atom is -0.469 e. The number of rotatable bonds is 14. The zero-order valence-electron chi connectivity index (χ0n) is 13.7. The number of ether oxygens (including phenoxy) is 1. The Hall–Kier alpha value is -1.31. The van der Waals surface area contributed by atoms with Crippen molar-refractivity contribution in [3.05, 3.63) is 37.0 Å². The number of hydrogen-bond donors (Lipinski definition) is 0. The van der Waals surface area contributed by atoms with Crippen LogP contribution in [0.2, 0.25) is 0 Å². The summed E-state index contributed by atoms with van der Waals surface area (Å²) >= 11 is 0. The van der Waals surface area contributed by atoms with Crippen LogP contribution in [-0.2, 0) is 9.53 Å². The zero-order chi connectivity index (χ0) is 15.6. The van der Waals surface area contributed by atoms with Gasteiger partial charge in [-0.15, -0.1) is 6.58 Å². The smallest absolute Gasteiger partial charge is 0.305 e. The van der Waals surface area contributed by atoms with E-state index in [0.717, 1.165) is 32.1 Å². The first-order valence-corrected chi connectivity index (χ1v) is 8.29. The lowest BCUT2D eigenvalue weighted by Gasteiger charge is -1.99. The number of carbonyl (C=O) groups is 1. The van der Waals surface area contributed by atoms with E-state index in [0.29, 0.717) is 6.42 Å². The second kappa shape index (κ2) is 16.7. The highest BCUT2D eigenvalue weighted by Gasteiger charge is 1.98. The van der Waals surface area contributed by atoms with Crippen LogP contribution in [0.4, 0.5) is 0 Å². The molecule has 0 spiro atoms. The van der Waals surface area contributed by atoms with Gasteiger partial charge in [-0.2, -0.15) is 0 Å². The van der Waals surface area contributed by atoms with Gasteiger partial charge in [0.15, 0.2) is 0 Å². The first-order chi connectivity index (χ1) is 10.3. The van der Waals surface area contributed by atoms with Crippen LogP contribution < -0.4 is 0 Å². The summed E-state index contributed by atoms with van der Waals surface area (Å²) in [7, 11) is 1.45. The molecule has 2 nitrogen and oxygen atoms in total. The average molecular weight is 292 g/mol. The van der Waals surface area contributed by atoms with Crippen molar-refractivity contribution in [2.24, 2.45) is 0 Å². The van der Waals surface area contributed by atoms with Gasteiger partial charge in [0.2, 0.25) is 0 Å². The Morgan fingerprint density at radius 3 is 2.14 bits per heavy atom. The highest BCUT2D eigenvalue weighted by atomic mass is 16.5. The zero-order valence-corrected chi connectivity index (χ0v) is 13.7. The molecule has 0 aromatic carbocycles. The van der Waals surface area contributed by atoms with Gasteiger partial charge in [-0.1, -0.05) is 49.6 Å². The molecule has 0 fully saturated rings. The SMILES string of the molecule is C=CCCCC=CCC=CCCCCCCCC(=O)OC. The maximum atomic E-state index is 10.9. The summed E-state index contributed by atoms with van der Waals surface area (Å²) in [6.45, 7) is 3.72. The maximum Gasteiger partial charge on any atom is 0.305 e. The van der Waals surface area contributed by atoms with Gasteiger partial charge in [0, 0.05) is 6.42 Å². The number of carbonyl (C=O) groups excluding carboxylic acids is 1. The number of hydrogen-bond acceptors (Lipinski definition) is 2. The summed E-state index contributed by atoms with van der Waals surface area (Å²) < 4.78 is 4.61. The standard InChI is InChI=1S/C19H32O2/c1-3-4-5-6-7-8-9-10-11-12-13-14-15-16-17-18-19(20)21-2/h3,7-8,10-11H,1,4-6,9,12-18H2,2H3. The summed E-state index contributed by atoms with van der Waals surface area (Å²) in [4.78, 5) is 10.9. The molecule has 0 aliphatic carbocycles. The lowest BCUT2D eigenvalue weighted by molar-refractivity contribution is -0.140. The fraction of sp³-hybridized carbons (Fsp3) is 0.632. The Morgan fingerprint density at radius 2 is 1.48 bits per heavy atom. The molecule has 0 N–H and O–H groups in total. The van der Waals surface area contributed by atoms with Crippen molar-refractivity contribution in [3.8, 4) is 0 Å². The highest BCUT2D eigenvalue weighted by Crippen LogP contribution is 2.08. The molecule has 0 aliphatic heterocycles. The molecule has 0 saturated heterocycles. The van der Waals surface area contributed by atoms with Crippen LogP contribution in [0.3, 0.4) is 0 Å². The summed E-state index contributed by atoms with van der Waals surface area (Å²) in [6, 6.07) is 0. The van der Waals surface area contributed by atoms with Gasteiger partial charge in [0.05, 0.1) is 7.11 Å². The molecule has 0 atom stereocenters. The van der Waals surface area contributed by atoms with Crippen molar-refractivity contribution in [2.45, 2.75) is 70.6 Å². The van der Waals surface area contributed by atoms with E-state index in [1.54, 1.807) is 0 Å². The van der Waals surface area contributed by atoms with Crippen LogP contribution in [-0.4, -0.2) is 13.1 Å². The second-order valence-corrected chi connectivity index (χ2v) is 5.28. The molecule has 0 amide bonds. The Labute approximate surface area is 131 Å². The molecule has 0 unspecified atom stereocenters. The molecule has 0 aromatic heterocycles. The number of methoxy groups -OCH3 is 1. The third kappa shape index (κ3) is 16.6. The van der Waals surface area contributed by atoms with E-state index in [4.69, 9.17) is 0 Å². The van der Waals surface area contributed by atoms with Gasteiger partial charge < -0.3 is 4.74 Å². The topological polar surface area (TPSA) is 26.3 Å². The van der Waals surface area contributed by atoms with E-state index < -0.39 is 0 Å². The molecule has 0 heterocycles. The first kappa shape index (κ1) is 19.7. The number of allylic oxidation sites excluding steroid dienone is 5. The molecule has 0 radical (unpaired) electrons. The molecule has 0 rings (SSSR count). The van der Waals surface area contributed by atoms with Crippen LogP contribution in [0.15, 0.2) is 37.0 Å². The average Bonchev–Trinajstić information content (AvgIpc) is 2.50. The summed E-state index contributed by atoms with van der Waals surface area (Å²) in [5.74, 6) is -0.0875. The maximum absolute atomic E-state index is 10.9. The Balaban J connectivity index is 3.21. The van der Waals surface area contributed by atoms with Crippen LogP contribution in [0, 0.1) is 0 Å². The molecular weight excluding hydrogens is 260 g/mol. The van der Waals surface area contributed by atoms with E-state index in [2.05, 4.69) is 35.6 Å². The van der Waals surface area contributed by atoms with E-state index in [1.807, 2.05) is 6.08 Å². The molecular formula is C19H32O2. The van der Waals surface area contributed by atoms with Crippen LogP contribution in [0.5, 0.6) is 0 Å². The minimum atomic E-state index is -0.0875. The molecule has 0 bridgehead atoms. The Bertz CT molecular complexity index is 303. The predicted molar refractivity (Wildman–Crippen MR) is 91.3 cm³/mol. The van der Waals surface area contributed by atoms with E-state index in [-0.39, 0.29) is 5.97 Å². The quantitative estimate of drug-likeness (QED) is 0.231. The summed E-state index contributed by atoms with van der Waals surface area (Å²) in [5.41, 5.74) is 0. The van der Waals surface area contributed by atoms with Crippen molar-refractivity contribution < 1.29 is 9.53 Å². The third-order valence-electron chi connectivity index (χ3n) is 3.36. The molecule has 0 aromatic rings. The largest absolute Gasteiger partial charge is 0.469 e. The van der Waals surface area contributed by atoms with E-state index in [9.17, 15) is 4.79 Å². The first-order valence-electron chi connectivity index (χ1n) is 8.29. The van der Waals surface area contributed by atoms with Gasteiger partial charge in [0.1, 0.15) is 0 Å². The lowest BCUT2D eigenvalue weighted by Crippen LogP contribution is -1.98. The summed E-state index contributed by atoms with van der Waals surface area (Å²) in [5, 5.41) is 0. The second-order valence-electron chi connectivity index (χ2n) is 5.28. The minimum absolute atomic E-state index is 0.0875. The molecule has 21 heavy (non-hydrogen) atoms. The van der Waals surface area contributed by atoms with Crippen molar-refractivity contribution in [2.75, 3.05) is 7.11 Å². The molecule has 0 saturated carbocycles. The van der Waals surface area contributed by atoms with Crippen LogP contribution >= 0.6 is 0 Å². The number of esters is 1. The highest BCUT2D eigenvalue weighted by molar-refractivity contribution is 5.68. The van der Waals surface area contributed by atoms with Gasteiger partial charge in [0.25, 0.3) is 0 Å². The normalized spacial score (nSPS) is 11.3. The fourth-order valence-corrected chi connectivity index (χ4v) is 2.05. The van der Waals surface area contributed by atoms with Crippen LogP contribution in [0.1, 0.15) is 70.6 Å². The Morgan fingerprint density at radius 1 is 0.857 bits per heavy atom. The van der Waals surface area contributed by atoms with Crippen LogP contribution in [0.25, 0.3) is 0 Å². The van der Waals surface area contributed by atoms with Gasteiger partial charge in [-0.3, -0.25) is 4.79 Å². The van der Waals surface area contributed by atoms with Crippen molar-refractivity contribution in [3.63, 3.8) is 0 Å². The van der Waals surface area contributed by atoms with Gasteiger partial charge in [-0.05, 0) is 44.9 Å². The molecule has 2 heteroatoms. The van der Waals surface area contributed by atoms with Crippen molar-refractivity contribution in [1.82, 2.24) is 0 Å². The van der Waals surface area contributed by atoms with Crippen molar-refractivity contribution in [1.29, 1.82) is 0 Å². The van der Waals surface area contributed by atoms with E-state index in [1.165, 1.54) is 39.2 Å². The molecule has 0 aliphatic rings. The monoisotopic (exact) mass is 292 g/mol. The Kier molecular flexibility index (Phi) is 15.7. The van der Waals surface area contributed by atoms with E-state index >= 15 is 0 Å². The van der Waals surface area contributed by atoms with Gasteiger partial charge >= 0.3 is 5.97 Å². The predicted octanol–water partition coefficient (Wildman–Crippen LogP) is 5.75. The fourth-order valence-electron chi connectivity index (χ4n) is 2.05.